The van der Waals surface area contributed by atoms with Gasteiger partial charge in [0.15, 0.2) is 6.29 Å². The molecule has 2 aromatic carbocycles. The summed E-state index contributed by atoms with van der Waals surface area (Å²) < 4.78 is 13.3. The van der Waals surface area contributed by atoms with E-state index in [0.29, 0.717) is 23.6 Å². The minimum absolute atomic E-state index is 0.0337. The van der Waals surface area contributed by atoms with Crippen LogP contribution in [0, 0.1) is 17.1 Å². The maximum Gasteiger partial charge on any atom is 0.151 e. The van der Waals surface area contributed by atoms with Crippen molar-refractivity contribution < 1.29 is 14.0 Å². The van der Waals surface area contributed by atoms with Crippen LogP contribution in [-0.2, 0) is 11.2 Å². The van der Waals surface area contributed by atoms with E-state index in [2.05, 4.69) is 34.5 Å². The summed E-state index contributed by atoms with van der Waals surface area (Å²) in [4.78, 5) is 26.1. The molecule has 0 saturated heterocycles. The zero-order valence-electron chi connectivity index (χ0n) is 20.8. The number of likely N-dealkylation sites (N-methyl/N-ethyl adjacent to an activating group) is 1. The van der Waals surface area contributed by atoms with Crippen LogP contribution in [0.2, 0.25) is 10.0 Å². The normalized spacial score (nSPS) is 13.9. The van der Waals surface area contributed by atoms with Crippen molar-refractivity contribution in [3.8, 4) is 6.07 Å². The largest absolute Gasteiger partial charge is 0.387 e. The van der Waals surface area contributed by atoms with Gasteiger partial charge in [0, 0.05) is 47.6 Å². The van der Waals surface area contributed by atoms with E-state index >= 15 is 0 Å². The maximum absolute atomic E-state index is 13.3. The van der Waals surface area contributed by atoms with Crippen molar-refractivity contribution in [2.45, 2.75) is 19.4 Å². The first-order valence-corrected chi connectivity index (χ1v) is 12.1. The molecule has 0 fully saturated rings. The molecule has 1 atom stereocenters. The first-order valence-electron chi connectivity index (χ1n) is 11.4. The van der Waals surface area contributed by atoms with Gasteiger partial charge in [0.25, 0.3) is 0 Å². The van der Waals surface area contributed by atoms with Gasteiger partial charge in [0.05, 0.1) is 23.5 Å². The molecule has 0 amide bonds. The average Bonchev–Trinajstić information content (AvgIpc) is 2.90. The zero-order valence-corrected chi connectivity index (χ0v) is 22.3. The second-order valence-electron chi connectivity index (χ2n) is 8.06. The molecule has 1 aliphatic heterocycles. The number of nitriles is 1. The lowest BCUT2D eigenvalue weighted by Gasteiger charge is -2.32. The molecule has 7 nitrogen and oxygen atoms in total. The fraction of sp³-hybridized carbons (Fsp3) is 0.259. The predicted octanol–water partition coefficient (Wildman–Crippen LogP) is 5.79. The summed E-state index contributed by atoms with van der Waals surface area (Å²) >= 11 is 12.2. The number of aromatic nitrogens is 1. The number of rotatable bonds is 5. The van der Waals surface area contributed by atoms with Gasteiger partial charge in [-0.2, -0.15) is 5.26 Å². The fourth-order valence-corrected chi connectivity index (χ4v) is 4.32. The monoisotopic (exact) mass is 543 g/mol. The minimum Gasteiger partial charge on any atom is -0.387 e. The summed E-state index contributed by atoms with van der Waals surface area (Å²) in [6.07, 6.45) is 5.60. The second kappa shape index (κ2) is 14.9. The number of hydrogen-bond acceptors (Lipinski definition) is 7. The van der Waals surface area contributed by atoms with Crippen molar-refractivity contribution in [1.29, 1.82) is 5.26 Å². The molecule has 2 heterocycles. The van der Waals surface area contributed by atoms with Crippen molar-refractivity contribution in [3.63, 3.8) is 0 Å². The van der Waals surface area contributed by atoms with Gasteiger partial charge in [-0.1, -0.05) is 23.2 Å². The van der Waals surface area contributed by atoms with Crippen LogP contribution in [0.15, 0.2) is 48.8 Å². The van der Waals surface area contributed by atoms with Crippen molar-refractivity contribution in [3.05, 3.63) is 86.9 Å². The zero-order chi connectivity index (χ0) is 27.4. The number of benzene rings is 2. The van der Waals surface area contributed by atoms with Crippen LogP contribution in [0.4, 0.5) is 15.8 Å². The highest BCUT2D eigenvalue weighted by Gasteiger charge is 2.23. The van der Waals surface area contributed by atoms with Gasteiger partial charge >= 0.3 is 0 Å². The van der Waals surface area contributed by atoms with Gasteiger partial charge < -0.3 is 15.4 Å². The van der Waals surface area contributed by atoms with E-state index in [4.69, 9.17) is 28.5 Å². The van der Waals surface area contributed by atoms with Crippen molar-refractivity contribution in [1.82, 2.24) is 9.88 Å². The van der Waals surface area contributed by atoms with Gasteiger partial charge in [0.1, 0.15) is 18.2 Å². The molecule has 194 valence electrons. The molecular formula is C27H28Cl2FN5O2. The molecule has 0 bridgehead atoms. The molecule has 37 heavy (non-hydrogen) atoms. The molecule has 3 aromatic rings. The summed E-state index contributed by atoms with van der Waals surface area (Å²) in [5, 5.41) is 15.6. The number of halogens is 3. The van der Waals surface area contributed by atoms with E-state index in [1.165, 1.54) is 23.4 Å². The number of fused-ring (bicyclic) bond motifs is 1. The Bertz CT molecular complexity index is 1250. The van der Waals surface area contributed by atoms with Gasteiger partial charge in [-0.25, -0.2) is 4.39 Å². The van der Waals surface area contributed by atoms with Crippen LogP contribution in [0.3, 0.4) is 0 Å². The Balaban J connectivity index is 0.000000204. The number of nitrogens with one attached hydrogen (secondary N) is 2. The van der Waals surface area contributed by atoms with Gasteiger partial charge in [-0.15, -0.1) is 0 Å². The molecule has 1 unspecified atom stereocenters. The second-order valence-corrected chi connectivity index (χ2v) is 8.90. The number of nitrogens with zero attached hydrogens (tertiary/aromatic N) is 3. The Hall–Kier alpha value is -3.51. The van der Waals surface area contributed by atoms with Gasteiger partial charge in [-0.05, 0) is 67.9 Å². The van der Waals surface area contributed by atoms with E-state index in [-0.39, 0.29) is 17.8 Å². The predicted molar refractivity (Wildman–Crippen MR) is 146 cm³/mol. The van der Waals surface area contributed by atoms with Crippen LogP contribution in [0.25, 0.3) is 0 Å². The molecule has 1 aromatic heterocycles. The Labute approximate surface area is 226 Å². The Kier molecular flexibility index (Phi) is 12.0. The molecule has 0 saturated carbocycles. The highest BCUT2D eigenvalue weighted by atomic mass is 35.5. The lowest BCUT2D eigenvalue weighted by atomic mass is 9.94. The molecule has 0 spiro atoms. The lowest BCUT2D eigenvalue weighted by Crippen LogP contribution is -2.30. The quantitative estimate of drug-likeness (QED) is 0.393. The SMILES string of the molecule is CC1c2c(Cl)cc(Cl)cc2CCN1C.CNc1cc(NCC=O)c(F)cc1C#N.O=Cc1cccnc1. The van der Waals surface area contributed by atoms with E-state index < -0.39 is 5.82 Å². The molecule has 4 rings (SSSR count). The molecule has 0 radical (unpaired) electrons. The number of carbonyl (C=O) groups excluding carboxylic acids is 2. The highest BCUT2D eigenvalue weighted by molar-refractivity contribution is 6.35. The van der Waals surface area contributed by atoms with Gasteiger partial charge in [0.2, 0.25) is 0 Å². The van der Waals surface area contributed by atoms with Gasteiger partial charge in [-0.3, -0.25) is 14.7 Å². The Morgan fingerprint density at radius 1 is 1.24 bits per heavy atom. The smallest absolute Gasteiger partial charge is 0.151 e. The lowest BCUT2D eigenvalue weighted by molar-refractivity contribution is -0.106. The van der Waals surface area contributed by atoms with Crippen LogP contribution in [0.1, 0.15) is 40.0 Å². The van der Waals surface area contributed by atoms with Crippen LogP contribution >= 0.6 is 23.2 Å². The summed E-state index contributed by atoms with van der Waals surface area (Å²) in [5.41, 5.74) is 4.11. The maximum atomic E-state index is 13.3. The van der Waals surface area contributed by atoms with E-state index in [0.717, 1.165) is 35.4 Å². The third-order valence-corrected chi connectivity index (χ3v) is 6.22. The first kappa shape index (κ1) is 29.7. The summed E-state index contributed by atoms with van der Waals surface area (Å²) in [6, 6.07) is 12.1. The number of hydrogen-bond donors (Lipinski definition) is 2. The van der Waals surface area contributed by atoms with Crippen molar-refractivity contribution in [2.75, 3.05) is 37.8 Å². The van der Waals surface area contributed by atoms with E-state index in [9.17, 15) is 14.0 Å². The highest BCUT2D eigenvalue weighted by Crippen LogP contribution is 2.35. The van der Waals surface area contributed by atoms with Crippen molar-refractivity contribution >= 4 is 47.1 Å². The molecule has 1 aliphatic rings. The number of carbonyl (C=O) groups is 2. The molecule has 10 heteroatoms. The standard InChI is InChI=1S/C11H13Cl2N.C10H10FN3O.C6H5NO/c1-7-11-8(3-4-14(7)2)5-9(12)6-10(11)13;1-13-9-5-10(14-2-3-15)8(11)4-7(9)6-12;8-5-6-2-1-3-7-4-6/h5-7H,3-4H2,1-2H3;3-5,13-14H,2H2,1H3;1-5H. The first-order chi connectivity index (χ1) is 17.7. The minimum atomic E-state index is -0.549. The Morgan fingerprint density at radius 3 is 2.57 bits per heavy atom. The third-order valence-electron chi connectivity index (χ3n) is 5.69. The van der Waals surface area contributed by atoms with E-state index in [1.807, 2.05) is 18.2 Å². The Morgan fingerprint density at radius 2 is 2.00 bits per heavy atom. The number of aldehydes is 2. The van der Waals surface area contributed by atoms with Crippen LogP contribution < -0.4 is 10.6 Å². The molecular weight excluding hydrogens is 516 g/mol. The topological polar surface area (TPSA) is 98.1 Å². The number of anilines is 2. The average molecular weight is 544 g/mol. The van der Waals surface area contributed by atoms with Crippen molar-refractivity contribution in [2.24, 2.45) is 0 Å². The van der Waals surface area contributed by atoms with Crippen LogP contribution in [0.5, 0.6) is 0 Å². The summed E-state index contributed by atoms with van der Waals surface area (Å²) in [7, 11) is 3.76. The summed E-state index contributed by atoms with van der Waals surface area (Å²) in [6.45, 7) is 3.29. The van der Waals surface area contributed by atoms with E-state index in [1.54, 1.807) is 25.4 Å². The number of pyridine rings is 1. The fourth-order valence-electron chi connectivity index (χ4n) is 3.63. The molecule has 2 N–H and O–H groups in total. The summed E-state index contributed by atoms with van der Waals surface area (Å²) in [5.74, 6) is -0.549. The molecule has 0 aliphatic carbocycles. The van der Waals surface area contributed by atoms with Crippen LogP contribution in [-0.4, -0.2) is 49.6 Å². The third kappa shape index (κ3) is 8.53.